The summed E-state index contributed by atoms with van der Waals surface area (Å²) in [5.74, 6) is 0.243. The topological polar surface area (TPSA) is 50.4 Å². The average Bonchev–Trinajstić information content (AvgIpc) is 3.06. The van der Waals surface area contributed by atoms with Crippen molar-refractivity contribution < 1.29 is 5.11 Å². The summed E-state index contributed by atoms with van der Waals surface area (Å²) in [7, 11) is 0. The van der Waals surface area contributed by atoms with Crippen LogP contribution in [0.25, 0.3) is 32.9 Å². The van der Waals surface area contributed by atoms with Gasteiger partial charge >= 0.3 is 0 Å². The Hall–Kier alpha value is -3.92. The van der Waals surface area contributed by atoms with Gasteiger partial charge in [0.15, 0.2) is 0 Å². The molecule has 2 aromatic heterocycles. The lowest BCUT2D eigenvalue weighted by Gasteiger charge is -2.06. The summed E-state index contributed by atoms with van der Waals surface area (Å²) in [6.07, 6.45) is 5.43. The largest absolute Gasteiger partial charge is 0.508 e. The number of benzene rings is 3. The van der Waals surface area contributed by atoms with Crippen molar-refractivity contribution in [3.05, 3.63) is 90.8 Å². The molecule has 29 heavy (non-hydrogen) atoms. The minimum Gasteiger partial charge on any atom is -0.508 e. The number of fused-ring (bicyclic) bond motifs is 3. The van der Waals surface area contributed by atoms with Crippen LogP contribution in [-0.4, -0.2) is 21.0 Å². The fourth-order valence-electron chi connectivity index (χ4n) is 3.76. The number of nitrogens with zero attached hydrogens (tertiary/aromatic N) is 3. The molecule has 0 saturated carbocycles. The van der Waals surface area contributed by atoms with Gasteiger partial charge in [0.05, 0.1) is 16.7 Å². The number of hydrogen-bond donors (Lipinski definition) is 1. The molecule has 4 nitrogen and oxygen atoms in total. The van der Waals surface area contributed by atoms with Gasteiger partial charge in [0.25, 0.3) is 0 Å². The zero-order chi connectivity index (χ0) is 19.8. The monoisotopic (exact) mass is 377 g/mol. The number of para-hydroxylation sites is 1. The third-order valence-corrected chi connectivity index (χ3v) is 5.22. The predicted octanol–water partition coefficient (Wildman–Crippen LogP) is 6.08. The van der Waals surface area contributed by atoms with Gasteiger partial charge in [0, 0.05) is 29.2 Å². The number of hydrogen-bond acceptors (Lipinski definition) is 3. The van der Waals surface area contributed by atoms with Crippen molar-refractivity contribution in [3.63, 3.8) is 0 Å². The Morgan fingerprint density at radius 3 is 2.45 bits per heavy atom. The standard InChI is InChI=1S/C25H19N3O/c1-17-14-19(18-10-12-26-13-11-18)6-9-23(17)27-16-28-24-5-3-2-4-21(24)22-8-7-20(29)15-25(22)28/h2-16,29H,1H3. The van der Waals surface area contributed by atoms with Crippen molar-refractivity contribution in [2.45, 2.75) is 6.92 Å². The Bertz CT molecular complexity index is 1370. The van der Waals surface area contributed by atoms with E-state index >= 15 is 0 Å². The molecular formula is C25H19N3O. The van der Waals surface area contributed by atoms with E-state index in [1.165, 1.54) is 0 Å². The molecular weight excluding hydrogens is 358 g/mol. The number of aromatic nitrogens is 2. The molecule has 5 aromatic rings. The first-order valence-electron chi connectivity index (χ1n) is 9.47. The van der Waals surface area contributed by atoms with Crippen molar-refractivity contribution in [1.82, 2.24) is 9.55 Å². The summed E-state index contributed by atoms with van der Waals surface area (Å²) < 4.78 is 2.03. The minimum atomic E-state index is 0.243. The molecule has 3 aromatic carbocycles. The number of phenols is 1. The highest BCUT2D eigenvalue weighted by atomic mass is 16.3. The van der Waals surface area contributed by atoms with E-state index < -0.39 is 0 Å². The van der Waals surface area contributed by atoms with E-state index in [9.17, 15) is 5.11 Å². The quantitative estimate of drug-likeness (QED) is 0.306. The summed E-state index contributed by atoms with van der Waals surface area (Å²) >= 11 is 0. The summed E-state index contributed by atoms with van der Waals surface area (Å²) in [6.45, 7) is 2.06. The number of aromatic hydroxyl groups is 1. The lowest BCUT2D eigenvalue weighted by molar-refractivity contribution is 0.476. The molecule has 0 amide bonds. The Morgan fingerprint density at radius 1 is 0.828 bits per heavy atom. The number of rotatable bonds is 3. The third kappa shape index (κ3) is 3.05. The van der Waals surface area contributed by atoms with Crippen LogP contribution < -0.4 is 0 Å². The molecule has 1 N–H and O–H groups in total. The maximum Gasteiger partial charge on any atom is 0.117 e. The molecule has 0 aliphatic carbocycles. The molecule has 140 valence electrons. The zero-order valence-corrected chi connectivity index (χ0v) is 15.9. The maximum atomic E-state index is 9.99. The molecule has 0 aliphatic rings. The van der Waals surface area contributed by atoms with E-state index in [2.05, 4.69) is 36.2 Å². The number of aryl methyl sites for hydroxylation is 1. The normalized spacial score (nSPS) is 11.6. The van der Waals surface area contributed by atoms with Crippen LogP contribution in [0.3, 0.4) is 0 Å². The van der Waals surface area contributed by atoms with Crippen LogP contribution in [0.1, 0.15) is 5.56 Å². The van der Waals surface area contributed by atoms with Gasteiger partial charge in [-0.3, -0.25) is 9.55 Å². The minimum absolute atomic E-state index is 0.243. The van der Waals surface area contributed by atoms with Gasteiger partial charge < -0.3 is 5.11 Å². The average molecular weight is 377 g/mol. The van der Waals surface area contributed by atoms with Crippen LogP contribution in [0.5, 0.6) is 5.75 Å². The van der Waals surface area contributed by atoms with Crippen molar-refractivity contribution in [3.8, 4) is 16.9 Å². The van der Waals surface area contributed by atoms with E-state index in [0.29, 0.717) is 0 Å². The zero-order valence-electron chi connectivity index (χ0n) is 15.9. The van der Waals surface area contributed by atoms with E-state index in [-0.39, 0.29) is 5.75 Å². The predicted molar refractivity (Wildman–Crippen MR) is 119 cm³/mol. The highest BCUT2D eigenvalue weighted by Gasteiger charge is 2.10. The van der Waals surface area contributed by atoms with Crippen molar-refractivity contribution in [2.24, 2.45) is 4.99 Å². The van der Waals surface area contributed by atoms with Crippen LogP contribution in [0.2, 0.25) is 0 Å². The van der Waals surface area contributed by atoms with Crippen molar-refractivity contribution in [1.29, 1.82) is 0 Å². The van der Waals surface area contributed by atoms with E-state index in [1.54, 1.807) is 24.5 Å². The molecule has 5 rings (SSSR count). The van der Waals surface area contributed by atoms with Gasteiger partial charge in [0.2, 0.25) is 0 Å². The molecule has 0 atom stereocenters. The summed E-state index contributed by atoms with van der Waals surface area (Å²) in [4.78, 5) is 8.84. The second-order valence-electron chi connectivity index (χ2n) is 7.07. The molecule has 0 radical (unpaired) electrons. The van der Waals surface area contributed by atoms with Crippen LogP contribution in [0.15, 0.2) is 90.2 Å². The van der Waals surface area contributed by atoms with Crippen LogP contribution >= 0.6 is 0 Å². The van der Waals surface area contributed by atoms with Gasteiger partial charge in [-0.1, -0.05) is 24.3 Å². The van der Waals surface area contributed by atoms with Gasteiger partial charge in [-0.15, -0.1) is 0 Å². The fourth-order valence-corrected chi connectivity index (χ4v) is 3.76. The molecule has 0 unspecified atom stereocenters. The summed E-state index contributed by atoms with van der Waals surface area (Å²) in [6, 6.07) is 23.9. The van der Waals surface area contributed by atoms with Crippen molar-refractivity contribution in [2.75, 3.05) is 0 Å². The Balaban J connectivity index is 1.60. The van der Waals surface area contributed by atoms with Gasteiger partial charge in [-0.2, -0.15) is 0 Å². The van der Waals surface area contributed by atoms with Crippen molar-refractivity contribution >= 4 is 33.8 Å². The summed E-state index contributed by atoms with van der Waals surface area (Å²) in [5.41, 5.74) is 6.28. The molecule has 2 heterocycles. The molecule has 0 spiro atoms. The van der Waals surface area contributed by atoms with Gasteiger partial charge in [0.1, 0.15) is 12.1 Å². The Kier molecular flexibility index (Phi) is 4.10. The maximum absolute atomic E-state index is 9.99. The van der Waals surface area contributed by atoms with Crippen LogP contribution in [0, 0.1) is 6.92 Å². The Labute approximate surface area is 168 Å². The van der Waals surface area contributed by atoms with Gasteiger partial charge in [-0.25, -0.2) is 4.99 Å². The van der Waals surface area contributed by atoms with E-state index in [0.717, 1.165) is 44.2 Å². The smallest absolute Gasteiger partial charge is 0.117 e. The second-order valence-corrected chi connectivity index (χ2v) is 7.07. The highest BCUT2D eigenvalue weighted by Crippen LogP contribution is 2.31. The van der Waals surface area contributed by atoms with E-state index in [1.807, 2.05) is 47.3 Å². The number of pyridine rings is 1. The second kappa shape index (κ2) is 6.91. The summed E-state index contributed by atoms with van der Waals surface area (Å²) in [5, 5.41) is 12.2. The SMILES string of the molecule is Cc1cc(-c2ccncc2)ccc1N=Cn1c2ccccc2c2ccc(O)cc21. The number of phenolic OH excluding ortho intramolecular Hbond substituents is 1. The lowest BCUT2D eigenvalue weighted by atomic mass is 10.0. The molecule has 0 fully saturated rings. The lowest BCUT2D eigenvalue weighted by Crippen LogP contribution is -1.94. The Morgan fingerprint density at radius 2 is 1.62 bits per heavy atom. The molecule has 0 saturated heterocycles. The third-order valence-electron chi connectivity index (χ3n) is 5.22. The van der Waals surface area contributed by atoms with E-state index in [4.69, 9.17) is 4.99 Å². The first-order valence-corrected chi connectivity index (χ1v) is 9.47. The fraction of sp³-hybridized carbons (Fsp3) is 0.0400. The van der Waals surface area contributed by atoms with Crippen LogP contribution in [-0.2, 0) is 0 Å². The highest BCUT2D eigenvalue weighted by molar-refractivity contribution is 6.11. The first kappa shape index (κ1) is 17.2. The molecule has 0 bridgehead atoms. The van der Waals surface area contributed by atoms with Gasteiger partial charge in [-0.05, 0) is 66.1 Å². The number of aliphatic imine (C=N–C) groups is 1. The molecule has 0 aliphatic heterocycles. The first-order chi connectivity index (χ1) is 14.2. The molecule has 4 heteroatoms. The van der Waals surface area contributed by atoms with Crippen LogP contribution in [0.4, 0.5) is 5.69 Å².